The van der Waals surface area contributed by atoms with E-state index in [1.807, 2.05) is 30.3 Å². The fraction of sp³-hybridized carbons (Fsp3) is 0.109. The predicted octanol–water partition coefficient (Wildman–Crippen LogP) is 3.11. The number of halogens is 1. The van der Waals surface area contributed by atoms with Gasteiger partial charge in [-0.2, -0.15) is 6.42 Å². The normalized spacial score (nSPS) is 10.6. The molecule has 0 saturated heterocycles. The minimum Gasteiger partial charge on any atom is -0.423 e. The fourth-order valence-electron chi connectivity index (χ4n) is 8.07. The molecule has 8 aromatic rings. The quantitative estimate of drug-likeness (QED) is 0.106. The second-order valence-electron chi connectivity index (χ2n) is 15.1. The van der Waals surface area contributed by atoms with Crippen LogP contribution in [0.25, 0.3) is 0 Å². The van der Waals surface area contributed by atoms with E-state index >= 15 is 0 Å². The van der Waals surface area contributed by atoms with Crippen molar-refractivity contribution in [2.45, 2.75) is 19.8 Å². The minimum atomic E-state index is -2.60. The number of benzene rings is 8. The van der Waals surface area contributed by atoms with E-state index in [1.165, 1.54) is 64.1 Å². The van der Waals surface area contributed by atoms with Gasteiger partial charge in [-0.3, -0.25) is 0 Å². The molecule has 330 valence electrons. The van der Waals surface area contributed by atoms with E-state index in [0.717, 1.165) is 16.1 Å². The van der Waals surface area contributed by atoms with Crippen molar-refractivity contribution in [2.75, 3.05) is 21.3 Å². The van der Waals surface area contributed by atoms with Crippen molar-refractivity contribution in [1.82, 2.24) is 0 Å². The maximum Gasteiger partial charge on any atom is 1.00 e. The van der Waals surface area contributed by atoms with E-state index in [9.17, 15) is 10.0 Å². The van der Waals surface area contributed by atoms with Gasteiger partial charge in [-0.15, -0.1) is 0 Å². The molecule has 0 aliphatic heterocycles. The third-order valence-electron chi connectivity index (χ3n) is 11.0. The smallest absolute Gasteiger partial charge is 0.423 e. The molecule has 0 aliphatic rings. The van der Waals surface area contributed by atoms with Gasteiger partial charge in [0.25, 0.3) is 0 Å². The van der Waals surface area contributed by atoms with Crippen LogP contribution in [0.4, 0.5) is 0 Å². The first-order valence-electron chi connectivity index (χ1n) is 21.7. The first kappa shape index (κ1) is 53.8. The van der Waals surface area contributed by atoms with Crippen LogP contribution in [0, 0.1) is 6.92 Å². The number of hydrogen-bond donors (Lipinski definition) is 2. The summed E-state index contributed by atoms with van der Waals surface area (Å²) >= 11 is 3.69. The van der Waals surface area contributed by atoms with Gasteiger partial charge in [0.1, 0.15) is 0 Å². The molecule has 0 saturated carbocycles. The molecule has 8 aromatic carbocycles. The molecule has 11 heteroatoms. The number of unbranched alkanes of at least 4 members (excludes halogenated alkanes) is 1. The van der Waals surface area contributed by atoms with Crippen LogP contribution in [-0.2, 0) is 14.0 Å². The predicted molar refractivity (Wildman–Crippen MR) is 285 cm³/mol. The van der Waals surface area contributed by atoms with Gasteiger partial charge >= 0.3 is 33.3 Å². The van der Waals surface area contributed by atoms with Crippen LogP contribution in [0.1, 0.15) is 19.8 Å². The molecular weight excluding hydrogens is 905 g/mol. The maximum absolute atomic E-state index is 9.80. The summed E-state index contributed by atoms with van der Waals surface area (Å²) in [5, 5.41) is 30.1. The molecule has 0 radical (unpaired) electrons. The Balaban J connectivity index is 0.000000233. The summed E-state index contributed by atoms with van der Waals surface area (Å²) in [6.45, 7) is 5.72. The van der Waals surface area contributed by atoms with Gasteiger partial charge in [0.15, 0.2) is 16.1 Å². The fourth-order valence-corrected chi connectivity index (χ4v) is 18.3. The summed E-state index contributed by atoms with van der Waals surface area (Å²) in [4.78, 5) is 0. The molecule has 0 atom stereocenters. The summed E-state index contributed by atoms with van der Waals surface area (Å²) in [5.74, 6) is 0. The summed E-state index contributed by atoms with van der Waals surface area (Å²) in [6.07, 6.45) is 2.28. The van der Waals surface area contributed by atoms with Crippen LogP contribution in [-0.4, -0.2) is 62.0 Å². The van der Waals surface area contributed by atoms with Crippen LogP contribution >= 0.6 is 15.9 Å². The van der Waals surface area contributed by atoms with E-state index in [-0.39, 0.29) is 18.9 Å². The second-order valence-corrected chi connectivity index (χ2v) is 23.6. The Hall–Kier alpha value is -4.80. The van der Waals surface area contributed by atoms with Crippen molar-refractivity contribution in [3.63, 3.8) is 0 Å². The molecule has 0 unspecified atom stereocenters. The molecule has 0 heterocycles. The number of hydrogen-bond acceptors (Lipinski definition) is 5. The Kier molecular flexibility index (Phi) is 23.2. The van der Waals surface area contributed by atoms with Gasteiger partial charge in [-0.05, 0) is 59.1 Å². The molecule has 8 rings (SSSR count). The average Bonchev–Trinajstić information content (AvgIpc) is 3.38. The zero-order valence-electron chi connectivity index (χ0n) is 38.7. The zero-order valence-corrected chi connectivity index (χ0v) is 42.3. The maximum atomic E-state index is 9.80. The Morgan fingerprint density at radius 2 is 0.682 bits per heavy atom. The van der Waals surface area contributed by atoms with Gasteiger partial charge in [-0.25, -0.2) is 0 Å². The van der Waals surface area contributed by atoms with Crippen LogP contribution in [0.15, 0.2) is 235 Å². The third-order valence-corrected chi connectivity index (χ3v) is 21.1. The van der Waals surface area contributed by atoms with Crippen molar-refractivity contribution < 1.29 is 42.9 Å². The molecular formula is C55H58B2BrLiO5Si2. The molecule has 0 aliphatic carbocycles. The van der Waals surface area contributed by atoms with Gasteiger partial charge in [0.05, 0.1) is 0 Å². The zero-order chi connectivity index (χ0) is 46.3. The summed E-state index contributed by atoms with van der Waals surface area (Å²) in [7, 11) is -2.43. The monoisotopic (exact) mass is 962 g/mol. The molecule has 2 N–H and O–H groups in total. The SMILES string of the molecule is Brc1cccc([Si](c2ccccc2)(c2ccccc2)c2ccccc2)c1.COB(OC)OC.OB(O)c1cccc([Si](c2ccccc2)(c2ccccc2)c2ccccc2)c1.[CH2-]CCC.[Li+]. The van der Waals surface area contributed by atoms with E-state index < -0.39 is 30.6 Å². The Morgan fingerprint density at radius 3 is 0.909 bits per heavy atom. The van der Waals surface area contributed by atoms with Gasteiger partial charge in [0, 0.05) is 25.8 Å². The summed E-state index contributed by atoms with van der Waals surface area (Å²) in [6, 6.07) is 81.2. The van der Waals surface area contributed by atoms with Crippen LogP contribution in [0.3, 0.4) is 0 Å². The van der Waals surface area contributed by atoms with Crippen LogP contribution in [0.2, 0.25) is 0 Å². The summed E-state index contributed by atoms with van der Waals surface area (Å²) < 4.78 is 14.9. The Labute approximate surface area is 416 Å². The summed E-state index contributed by atoms with van der Waals surface area (Å²) in [5.41, 5.74) is 0.511. The topological polar surface area (TPSA) is 68.2 Å². The van der Waals surface area contributed by atoms with Crippen molar-refractivity contribution >= 4 is 93.5 Å². The van der Waals surface area contributed by atoms with E-state index in [1.54, 1.807) is 6.07 Å². The standard InChI is InChI=1S/C24H21BO2Si.C24H19BrSi.C4H9.C3H9BO3.Li/c26-25(27)20-11-10-18-24(19-20)28(21-12-4-1-5-13-21,22-14-6-2-7-15-22)23-16-8-3-9-17-23;25-20-11-10-18-24(19-20)26(21-12-4-1-5-13-21,22-14-6-2-7-15-22)23-16-8-3-9-17-23;1-3-4-2;1-5-4(6-2)7-3;/h1-19,26-27H;1-19H;1,3-4H2,2H3;1-3H3;/q;;-1;;+1. The molecule has 0 aromatic heterocycles. The first-order chi connectivity index (χ1) is 31.8. The van der Waals surface area contributed by atoms with Crippen molar-refractivity contribution in [3.05, 3.63) is 242 Å². The molecule has 0 fully saturated rings. The van der Waals surface area contributed by atoms with E-state index in [2.05, 4.69) is 238 Å². The molecule has 5 nitrogen and oxygen atoms in total. The molecule has 0 amide bonds. The van der Waals surface area contributed by atoms with Gasteiger partial charge in [0.2, 0.25) is 0 Å². The third kappa shape index (κ3) is 13.4. The van der Waals surface area contributed by atoms with Crippen molar-refractivity contribution in [3.8, 4) is 0 Å². The second kappa shape index (κ2) is 28.4. The van der Waals surface area contributed by atoms with Crippen LogP contribution in [0.5, 0.6) is 0 Å². The number of rotatable bonds is 13. The Morgan fingerprint density at radius 1 is 0.424 bits per heavy atom. The molecule has 66 heavy (non-hydrogen) atoms. The van der Waals surface area contributed by atoms with Crippen LogP contribution < -0.4 is 65.8 Å². The van der Waals surface area contributed by atoms with E-state index in [4.69, 9.17) is 0 Å². The molecule has 0 spiro atoms. The van der Waals surface area contributed by atoms with E-state index in [0.29, 0.717) is 5.46 Å². The van der Waals surface area contributed by atoms with Crippen molar-refractivity contribution in [1.29, 1.82) is 0 Å². The minimum absolute atomic E-state index is 0. The largest absolute Gasteiger partial charge is 1.00 e. The van der Waals surface area contributed by atoms with Crippen molar-refractivity contribution in [2.24, 2.45) is 0 Å². The Bertz CT molecular complexity index is 2330. The van der Waals surface area contributed by atoms with Gasteiger partial charge in [-0.1, -0.05) is 248 Å². The van der Waals surface area contributed by atoms with Gasteiger partial charge < -0.3 is 30.9 Å². The first-order valence-corrected chi connectivity index (χ1v) is 26.5. The molecule has 0 bridgehead atoms. The average molecular weight is 964 g/mol.